The molecule has 0 aromatic heterocycles. The van der Waals surface area contributed by atoms with Crippen molar-refractivity contribution in [2.45, 2.75) is 91.0 Å². The van der Waals surface area contributed by atoms with Crippen LogP contribution in [0.25, 0.3) is 6.08 Å². The Bertz CT molecular complexity index is 1060. The molecule has 5 heteroatoms. The van der Waals surface area contributed by atoms with Gasteiger partial charge < -0.3 is 31.2 Å². The van der Waals surface area contributed by atoms with Gasteiger partial charge in [-0.1, -0.05) is 76.7 Å². The monoisotopic (exact) mass is 585 g/mol. The van der Waals surface area contributed by atoms with Crippen LogP contribution in [0.1, 0.15) is 100 Å². The predicted molar refractivity (Wildman–Crippen MR) is 156 cm³/mol. The van der Waals surface area contributed by atoms with Crippen LogP contribution in [0.15, 0.2) is 36.4 Å². The van der Waals surface area contributed by atoms with Crippen LogP contribution in [-0.4, -0.2) is 38.2 Å². The first-order valence-corrected chi connectivity index (χ1v) is 14.3. The maximum Gasteiger partial charge on any atom is 0.184 e. The van der Waals surface area contributed by atoms with E-state index in [0.717, 1.165) is 49.6 Å². The third-order valence-electron chi connectivity index (χ3n) is 7.43. The first kappa shape index (κ1) is 31.9. The summed E-state index contributed by atoms with van der Waals surface area (Å²) in [5.74, 6) is 2.59. The van der Waals surface area contributed by atoms with Crippen LogP contribution in [0, 0.1) is 0 Å². The van der Waals surface area contributed by atoms with E-state index in [1.807, 2.05) is 6.07 Å². The van der Waals surface area contributed by atoms with E-state index in [4.69, 9.17) is 14.2 Å². The average Bonchev–Trinajstić information content (AvgIpc) is 2.93. The normalized spacial score (nSPS) is 12.9. The van der Waals surface area contributed by atoms with Crippen molar-refractivity contribution in [1.29, 1.82) is 0 Å². The highest BCUT2D eigenvalue weighted by Gasteiger charge is 2.30. The van der Waals surface area contributed by atoms with Gasteiger partial charge in [-0.05, 0) is 43.0 Å². The zero-order chi connectivity index (χ0) is 26.5. The van der Waals surface area contributed by atoms with E-state index >= 15 is 0 Å². The summed E-state index contributed by atoms with van der Waals surface area (Å²) in [5, 5.41) is 0. The number of rotatable bonds is 16. The van der Waals surface area contributed by atoms with Crippen LogP contribution >= 0.6 is 0 Å². The Morgan fingerprint density at radius 3 is 2.34 bits per heavy atom. The minimum absolute atomic E-state index is 0. The van der Waals surface area contributed by atoms with Gasteiger partial charge in [0, 0.05) is 29.5 Å². The average molecular weight is 587 g/mol. The topological polar surface area (TPSA) is 30.7 Å². The predicted octanol–water partition coefficient (Wildman–Crippen LogP) is 5.23. The van der Waals surface area contributed by atoms with E-state index in [1.165, 1.54) is 79.3 Å². The van der Waals surface area contributed by atoms with Crippen LogP contribution in [0.4, 0.5) is 0 Å². The van der Waals surface area contributed by atoms with Gasteiger partial charge in [-0.25, -0.2) is 4.58 Å². The molecule has 0 saturated heterocycles. The lowest BCUT2D eigenvalue weighted by atomic mass is 9.88. The second-order valence-corrected chi connectivity index (χ2v) is 10.1. The van der Waals surface area contributed by atoms with E-state index in [0.29, 0.717) is 0 Å². The Kier molecular flexibility index (Phi) is 14.6. The number of ether oxygens (including phenoxy) is 3. The number of fused-ring (bicyclic) bond motifs is 1. The van der Waals surface area contributed by atoms with Crippen LogP contribution in [0.3, 0.4) is 0 Å². The molecule has 0 aliphatic carbocycles. The van der Waals surface area contributed by atoms with Gasteiger partial charge in [-0.2, -0.15) is 0 Å². The summed E-state index contributed by atoms with van der Waals surface area (Å²) >= 11 is 0. The number of hydrogen-bond acceptors (Lipinski definition) is 3. The van der Waals surface area contributed by atoms with Crippen molar-refractivity contribution in [3.05, 3.63) is 58.7 Å². The smallest absolute Gasteiger partial charge is 0.184 e. The second kappa shape index (κ2) is 17.3. The summed E-state index contributed by atoms with van der Waals surface area (Å²) in [6.45, 7) is 6.42. The Balaban J connectivity index is 0.00000507. The summed E-state index contributed by atoms with van der Waals surface area (Å²) in [6.07, 6.45) is 17.9. The SMILES string of the molecule is CCCCCC=Cc1c2c(cc(OC)c1OC)C(CCCCCCC)=[N+](Cc1cccc(OC)c1)CC2.[Br-]. The Labute approximate surface area is 241 Å². The van der Waals surface area contributed by atoms with Gasteiger partial charge >= 0.3 is 0 Å². The number of halogens is 1. The fourth-order valence-electron chi connectivity index (χ4n) is 5.38. The van der Waals surface area contributed by atoms with E-state index in [9.17, 15) is 0 Å². The molecule has 0 radical (unpaired) electrons. The molecule has 210 valence electrons. The summed E-state index contributed by atoms with van der Waals surface area (Å²) in [4.78, 5) is 0. The molecule has 0 spiro atoms. The zero-order valence-electron chi connectivity index (χ0n) is 24.3. The van der Waals surface area contributed by atoms with Gasteiger partial charge in [0.1, 0.15) is 12.3 Å². The second-order valence-electron chi connectivity index (χ2n) is 10.1. The van der Waals surface area contributed by atoms with Gasteiger partial charge in [0.2, 0.25) is 0 Å². The molecule has 1 aliphatic rings. The van der Waals surface area contributed by atoms with Crippen molar-refractivity contribution in [3.63, 3.8) is 0 Å². The van der Waals surface area contributed by atoms with Gasteiger partial charge in [0.15, 0.2) is 23.8 Å². The van der Waals surface area contributed by atoms with Gasteiger partial charge in [0.05, 0.1) is 21.3 Å². The van der Waals surface area contributed by atoms with E-state index in [-0.39, 0.29) is 17.0 Å². The third-order valence-corrected chi connectivity index (χ3v) is 7.43. The molecule has 0 saturated carbocycles. The molecule has 3 rings (SSSR count). The molecule has 1 heterocycles. The number of nitrogens with zero attached hydrogens (tertiary/aromatic N) is 1. The molecule has 0 unspecified atom stereocenters. The van der Waals surface area contributed by atoms with E-state index in [2.05, 4.69) is 54.8 Å². The van der Waals surface area contributed by atoms with Gasteiger partial charge in [-0.3, -0.25) is 0 Å². The summed E-state index contributed by atoms with van der Waals surface area (Å²) in [5.41, 5.74) is 6.63. The lowest BCUT2D eigenvalue weighted by molar-refractivity contribution is -0.545. The molecule has 0 atom stereocenters. The van der Waals surface area contributed by atoms with Crippen LogP contribution in [0.5, 0.6) is 17.2 Å². The molecule has 0 N–H and O–H groups in total. The lowest BCUT2D eigenvalue weighted by Gasteiger charge is -2.24. The molecule has 2 aromatic carbocycles. The van der Waals surface area contributed by atoms with Crippen molar-refractivity contribution in [3.8, 4) is 17.2 Å². The van der Waals surface area contributed by atoms with Crippen molar-refractivity contribution in [2.24, 2.45) is 0 Å². The summed E-state index contributed by atoms with van der Waals surface area (Å²) in [6, 6.07) is 10.7. The number of hydrogen-bond donors (Lipinski definition) is 0. The zero-order valence-corrected chi connectivity index (χ0v) is 25.9. The van der Waals surface area contributed by atoms with Crippen molar-refractivity contribution in [2.75, 3.05) is 27.9 Å². The molecule has 2 aromatic rings. The van der Waals surface area contributed by atoms with Crippen LogP contribution in [-0.2, 0) is 13.0 Å². The Morgan fingerprint density at radius 1 is 0.868 bits per heavy atom. The first-order chi connectivity index (χ1) is 18.2. The molecule has 4 nitrogen and oxygen atoms in total. The Morgan fingerprint density at radius 2 is 1.63 bits per heavy atom. The number of methoxy groups -OCH3 is 3. The maximum absolute atomic E-state index is 5.91. The third kappa shape index (κ3) is 8.62. The highest BCUT2D eigenvalue weighted by atomic mass is 79.9. The van der Waals surface area contributed by atoms with Crippen LogP contribution < -0.4 is 31.2 Å². The fraction of sp³-hybridized carbons (Fsp3) is 0.545. The van der Waals surface area contributed by atoms with Crippen molar-refractivity contribution in [1.82, 2.24) is 0 Å². The van der Waals surface area contributed by atoms with Crippen molar-refractivity contribution >= 4 is 11.8 Å². The molecule has 38 heavy (non-hydrogen) atoms. The van der Waals surface area contributed by atoms with Gasteiger partial charge in [0.25, 0.3) is 0 Å². The quantitative estimate of drug-likeness (QED) is 0.200. The Hall–Kier alpha value is -2.27. The molecule has 1 aliphatic heterocycles. The molecular formula is C33H48BrNO3. The van der Waals surface area contributed by atoms with Crippen molar-refractivity contribution < 1.29 is 35.8 Å². The molecular weight excluding hydrogens is 538 g/mol. The lowest BCUT2D eigenvalue weighted by Crippen LogP contribution is -3.00. The standard InChI is InChI=1S/C33H48NO3.BrH/c1-6-8-10-12-14-19-29-28-21-22-34(25-26-17-16-18-27(23-26)35-3)31(20-15-13-11-9-7-2)30(28)24-32(36-4)33(29)37-5;/h14,16-19,23-24H,6-13,15,20-22,25H2,1-5H3;1H/q+1;/p-1. The minimum Gasteiger partial charge on any atom is -1.00 e. The number of unbranched alkanes of at least 4 members (excludes halogenated alkanes) is 7. The highest BCUT2D eigenvalue weighted by molar-refractivity contribution is 6.00. The van der Waals surface area contributed by atoms with E-state index in [1.54, 1.807) is 21.3 Å². The van der Waals surface area contributed by atoms with Gasteiger partial charge in [-0.15, -0.1) is 0 Å². The van der Waals surface area contributed by atoms with E-state index < -0.39 is 0 Å². The highest BCUT2D eigenvalue weighted by Crippen LogP contribution is 2.39. The first-order valence-electron chi connectivity index (χ1n) is 14.3. The maximum atomic E-state index is 5.91. The fourth-order valence-corrected chi connectivity index (χ4v) is 5.38. The molecule has 0 bridgehead atoms. The molecule has 0 fully saturated rings. The number of allylic oxidation sites excluding steroid dienone is 1. The summed E-state index contributed by atoms with van der Waals surface area (Å²) in [7, 11) is 5.25. The van der Waals surface area contributed by atoms with Crippen LogP contribution in [0.2, 0.25) is 0 Å². The largest absolute Gasteiger partial charge is 1.00 e. The molecule has 0 amide bonds. The number of benzene rings is 2. The minimum atomic E-state index is 0. The summed E-state index contributed by atoms with van der Waals surface area (Å²) < 4.78 is 19.9.